The van der Waals surface area contributed by atoms with Gasteiger partial charge in [-0.25, -0.2) is 9.59 Å². The number of unbranched alkanes of at least 4 members (excludes halogenated alkanes) is 9. The van der Waals surface area contributed by atoms with Crippen molar-refractivity contribution in [2.24, 2.45) is 107 Å². The summed E-state index contributed by atoms with van der Waals surface area (Å²) in [6, 6.07) is 10.8. The number of rotatable bonds is 22. The normalized spacial score (nSPS) is 31.7. The molecular weight excluding hydrogens is 1310 g/mol. The van der Waals surface area contributed by atoms with Gasteiger partial charge in [0.25, 0.3) is 0 Å². The van der Waals surface area contributed by atoms with Gasteiger partial charge in [0, 0.05) is 28.9 Å². The predicted octanol–water partition coefficient (Wildman–Crippen LogP) is 26.0. The van der Waals surface area contributed by atoms with Crippen molar-refractivity contribution in [1.82, 2.24) is 0 Å². The largest absolute Gasteiger partial charge is 0.517 e. The topological polar surface area (TPSA) is 72.8 Å². The van der Waals surface area contributed by atoms with Gasteiger partial charge in [-0.3, -0.25) is 0 Å². The summed E-state index contributed by atoms with van der Waals surface area (Å²) in [5, 5.41) is 8.79. The minimum Gasteiger partial charge on any atom is -0.517 e. The summed E-state index contributed by atoms with van der Waals surface area (Å²) >= 11 is 0. The average molecular weight is 1450 g/mol. The van der Waals surface area contributed by atoms with E-state index in [1.165, 1.54) is 165 Å². The van der Waals surface area contributed by atoms with Crippen LogP contribution in [0.15, 0.2) is 245 Å². The third-order valence-electron chi connectivity index (χ3n) is 24.8. The van der Waals surface area contributed by atoms with E-state index in [1.54, 1.807) is 27.9 Å². The number of aliphatic hydroxyl groups excluding tert-OH is 1. The summed E-state index contributed by atoms with van der Waals surface area (Å²) in [6.07, 6.45) is 99.6. The van der Waals surface area contributed by atoms with E-state index in [-0.39, 0.29) is 24.1 Å². The Hall–Kier alpha value is -6.34. The van der Waals surface area contributed by atoms with E-state index in [1.807, 2.05) is 46.5 Å². The fraction of sp³-hybridized carbons (Fsp3) is 0.560. The molecule has 0 spiro atoms. The van der Waals surface area contributed by atoms with E-state index in [0.29, 0.717) is 35.5 Å². The maximum atomic E-state index is 11.8. The minimum atomic E-state index is -1.73. The second-order valence-electron chi connectivity index (χ2n) is 35.9. The Morgan fingerprint density at radius 1 is 0.358 bits per heavy atom. The number of fused-ring (bicyclic) bond motifs is 18. The molecule has 106 heavy (non-hydrogen) atoms. The molecule has 19 rings (SSSR count). The molecule has 570 valence electrons. The monoisotopic (exact) mass is 1450 g/mol. The van der Waals surface area contributed by atoms with Gasteiger partial charge in [0.1, 0.15) is 5.60 Å². The van der Waals surface area contributed by atoms with Gasteiger partial charge in [-0.2, -0.15) is 0 Å². The van der Waals surface area contributed by atoms with Gasteiger partial charge >= 0.3 is 11.9 Å². The molecule has 18 aliphatic carbocycles. The Labute approximate surface area is 644 Å². The number of esters is 1. The first-order valence-corrected chi connectivity index (χ1v) is 46.2. The SMILES string of the molecule is C1=CC2C=CC1C2.C1=CC2CC1C=C2CCc1ccccc1.CC(C)(C)OC(=O)C1=CC2C=CC1C2.CC1=CC2C=CC1C2.CCCCC1=CC2C=CC1C2.CCCCCCC1=CC2C=CC1C2.CCCCCCCCC1=CC2C=CC1C2.C[Si](C)(C)OC(=O)C1=CC2C=CC1C2.OCC1=CC2C=CC1C2. The van der Waals surface area contributed by atoms with Gasteiger partial charge in [-0.05, 0) is 256 Å². The molecule has 0 aromatic heterocycles. The summed E-state index contributed by atoms with van der Waals surface area (Å²) in [5.74, 6) is 12.4. The van der Waals surface area contributed by atoms with Crippen molar-refractivity contribution in [2.45, 2.75) is 241 Å². The Balaban J connectivity index is 0.000000120. The molecule has 6 heteroatoms. The van der Waals surface area contributed by atoms with Crippen molar-refractivity contribution >= 4 is 20.3 Å². The molecular formula is C100H136O5Si. The van der Waals surface area contributed by atoms with Crippen LogP contribution in [0.2, 0.25) is 19.6 Å². The smallest absolute Gasteiger partial charge is 0.334 e. The quantitative estimate of drug-likeness (QED) is 0.0542. The Morgan fingerprint density at radius 3 is 0.981 bits per heavy atom. The molecule has 5 nitrogen and oxygen atoms in total. The predicted molar refractivity (Wildman–Crippen MR) is 450 cm³/mol. The van der Waals surface area contributed by atoms with Crippen LogP contribution in [-0.2, 0) is 25.2 Å². The van der Waals surface area contributed by atoms with Crippen LogP contribution in [0.25, 0.3) is 0 Å². The number of hydrogen-bond donors (Lipinski definition) is 1. The number of carbonyl (C=O) groups excluding carboxylic acids is 2. The van der Waals surface area contributed by atoms with Crippen molar-refractivity contribution < 1.29 is 23.9 Å². The lowest BCUT2D eigenvalue weighted by Gasteiger charge is -2.21. The number of aryl methyl sites for hydroxylation is 1. The summed E-state index contributed by atoms with van der Waals surface area (Å²) in [7, 11) is -1.73. The molecule has 0 aliphatic heterocycles. The van der Waals surface area contributed by atoms with E-state index >= 15 is 0 Å². The molecule has 16 unspecified atom stereocenters. The molecule has 16 atom stereocenters. The highest BCUT2D eigenvalue weighted by molar-refractivity contribution is 6.71. The fourth-order valence-electron chi connectivity index (χ4n) is 19.0. The van der Waals surface area contributed by atoms with Crippen LogP contribution in [0.4, 0.5) is 0 Å². The first-order valence-electron chi connectivity index (χ1n) is 42.8. The highest BCUT2D eigenvalue weighted by Crippen LogP contribution is 2.46. The molecule has 0 saturated heterocycles. The first kappa shape index (κ1) is 80.7. The standard InChI is InChI=1S/C15H16.C15H24.C13H20.C12H16O2.C11H16O2Si.C11H16.C8H10O.C8H10.C7H8/c1-2-4-12(5-3-1)6-8-14-10-13-7-9-15(14)11-13;1-2-3-4-5-6-7-8-14-11-13-9-10-15(14)12-13;1-2-3-4-5-6-12-9-11-7-8-13(12)10-11;1-12(2,3)14-11(13)10-7-8-4-5-9(10)6-8;1-14(2,3)13-11(12)10-7-8-4-5-9(10)6-8;1-2-3-4-10-7-9-5-6-11(10)8-9;9-5-8-4-6-1-2-7(8)3-6;1-6-4-7-2-3-8(6)5-7;1-2-7-4-3-6(1)5-7/h1-5,7,9-10,13,15H,6,8,11H2;9-11,13,15H,2-8,12H2,1H3;7-9,11,13H,2-6,10H2,1H3;2*4-5,7-9H,6H2,1-3H3;5-7,9,11H,2-4,8H2,1H3;1-2,4,6-7,9H,3,5H2;2-4,7-8H,5H2,1H3;1-4,6-7H,5H2. The Bertz CT molecular complexity index is 3590. The molecule has 0 saturated carbocycles. The van der Waals surface area contributed by atoms with E-state index in [2.05, 4.69) is 222 Å². The minimum absolute atomic E-state index is 0.0824. The van der Waals surface area contributed by atoms with Gasteiger partial charge in [-0.1, -0.05) is 307 Å². The van der Waals surface area contributed by atoms with Crippen molar-refractivity contribution in [3.8, 4) is 0 Å². The van der Waals surface area contributed by atoms with Crippen molar-refractivity contribution in [3.05, 3.63) is 251 Å². The first-order chi connectivity index (χ1) is 51.2. The Morgan fingerprint density at radius 2 is 0.689 bits per heavy atom. The molecule has 1 N–H and O–H groups in total. The van der Waals surface area contributed by atoms with Crippen LogP contribution < -0.4 is 0 Å². The number of carbonyl (C=O) groups is 2. The van der Waals surface area contributed by atoms with Crippen molar-refractivity contribution in [3.63, 3.8) is 0 Å². The molecule has 1 aromatic rings. The molecule has 18 aliphatic rings. The summed E-state index contributed by atoms with van der Waals surface area (Å²) in [6.45, 7) is 21.1. The number of benzene rings is 1. The zero-order valence-electron chi connectivity index (χ0n) is 67.1. The second kappa shape index (κ2) is 39.3. The average Bonchev–Trinajstić information content (AvgIpc) is 1.71. The molecule has 18 bridgehead atoms. The van der Waals surface area contributed by atoms with Crippen LogP contribution in [0.1, 0.15) is 215 Å². The zero-order chi connectivity index (χ0) is 74.6. The number of ether oxygens (including phenoxy) is 1. The van der Waals surface area contributed by atoms with Crippen LogP contribution in [0.5, 0.6) is 0 Å². The lowest BCUT2D eigenvalue weighted by Crippen LogP contribution is -2.30. The Kier molecular flexibility index (Phi) is 29.9. The maximum Gasteiger partial charge on any atom is 0.334 e. The lowest BCUT2D eigenvalue weighted by atomic mass is 9.96. The van der Waals surface area contributed by atoms with E-state index in [9.17, 15) is 9.59 Å². The van der Waals surface area contributed by atoms with Gasteiger partial charge in [-0.15, -0.1) is 0 Å². The molecule has 1 aromatic carbocycles. The number of aliphatic hydroxyl groups is 1. The zero-order valence-corrected chi connectivity index (χ0v) is 68.1. The van der Waals surface area contributed by atoms with Crippen molar-refractivity contribution in [1.29, 1.82) is 0 Å². The highest BCUT2D eigenvalue weighted by atomic mass is 28.4. The van der Waals surface area contributed by atoms with Gasteiger partial charge in [0.2, 0.25) is 8.32 Å². The van der Waals surface area contributed by atoms with Crippen molar-refractivity contribution in [2.75, 3.05) is 6.61 Å². The fourth-order valence-corrected chi connectivity index (χ4v) is 19.7. The van der Waals surface area contributed by atoms with E-state index in [0.717, 1.165) is 95.0 Å². The number of allylic oxidation sites excluding steroid dienone is 33. The third-order valence-corrected chi connectivity index (χ3v) is 25.6. The van der Waals surface area contributed by atoms with Crippen LogP contribution in [-0.4, -0.2) is 37.6 Å². The third kappa shape index (κ3) is 24.1. The number of hydrogen-bond acceptors (Lipinski definition) is 5. The summed E-state index contributed by atoms with van der Waals surface area (Å²) in [4.78, 5) is 23.5. The molecule has 0 radical (unpaired) electrons. The molecule has 0 heterocycles. The van der Waals surface area contributed by atoms with Crippen LogP contribution >= 0.6 is 0 Å². The molecule has 0 fully saturated rings. The van der Waals surface area contributed by atoms with Crippen LogP contribution in [0, 0.1) is 107 Å². The van der Waals surface area contributed by atoms with Gasteiger partial charge in [0.15, 0.2) is 0 Å². The van der Waals surface area contributed by atoms with Gasteiger partial charge in [0.05, 0.1) is 6.61 Å². The second-order valence-corrected chi connectivity index (χ2v) is 40.3. The summed E-state index contributed by atoms with van der Waals surface area (Å²) in [5.41, 5.74) is 12.5. The molecule has 0 amide bonds. The maximum absolute atomic E-state index is 11.8. The lowest BCUT2D eigenvalue weighted by molar-refractivity contribution is -0.150. The highest BCUT2D eigenvalue weighted by Gasteiger charge is 2.37. The summed E-state index contributed by atoms with van der Waals surface area (Å²) < 4.78 is 10.8. The van der Waals surface area contributed by atoms with Gasteiger partial charge < -0.3 is 14.3 Å². The van der Waals surface area contributed by atoms with E-state index < -0.39 is 8.32 Å². The van der Waals surface area contributed by atoms with E-state index in [4.69, 9.17) is 14.3 Å². The van der Waals surface area contributed by atoms with Crippen LogP contribution in [0.3, 0.4) is 0 Å².